The number of aliphatic imine (C=N–C) groups is 1. The standard InChI is InChI=1S/C15H22FN3O2/c1-10-5-6-12(7-13(10)16)9-19-15(17-3)18-8-11(2)14(20)21-4/h5-7,11H,8-9H2,1-4H3,(H2,17,18,19). The van der Waals surface area contributed by atoms with Gasteiger partial charge in [0.05, 0.1) is 13.0 Å². The van der Waals surface area contributed by atoms with E-state index in [1.807, 2.05) is 6.07 Å². The number of halogens is 1. The summed E-state index contributed by atoms with van der Waals surface area (Å²) >= 11 is 0. The van der Waals surface area contributed by atoms with E-state index in [2.05, 4.69) is 20.4 Å². The molecule has 0 heterocycles. The minimum Gasteiger partial charge on any atom is -0.469 e. The molecule has 116 valence electrons. The molecule has 0 aliphatic heterocycles. The Bertz CT molecular complexity index is 518. The van der Waals surface area contributed by atoms with Gasteiger partial charge in [0.25, 0.3) is 0 Å². The van der Waals surface area contributed by atoms with Crippen molar-refractivity contribution in [1.29, 1.82) is 0 Å². The van der Waals surface area contributed by atoms with Crippen molar-refractivity contribution in [2.45, 2.75) is 20.4 Å². The molecule has 1 aromatic carbocycles. The number of esters is 1. The highest BCUT2D eigenvalue weighted by atomic mass is 19.1. The molecule has 21 heavy (non-hydrogen) atoms. The molecule has 0 amide bonds. The van der Waals surface area contributed by atoms with Crippen molar-refractivity contribution >= 4 is 11.9 Å². The van der Waals surface area contributed by atoms with Gasteiger partial charge in [0.2, 0.25) is 0 Å². The van der Waals surface area contributed by atoms with Gasteiger partial charge in [-0.05, 0) is 24.1 Å². The van der Waals surface area contributed by atoms with Crippen molar-refractivity contribution in [1.82, 2.24) is 10.6 Å². The highest BCUT2D eigenvalue weighted by Gasteiger charge is 2.13. The molecule has 0 spiro atoms. The van der Waals surface area contributed by atoms with Gasteiger partial charge >= 0.3 is 5.97 Å². The SMILES string of the molecule is CN=C(NCc1ccc(C)c(F)c1)NCC(C)C(=O)OC. The lowest BCUT2D eigenvalue weighted by molar-refractivity contribution is -0.144. The summed E-state index contributed by atoms with van der Waals surface area (Å²) in [5, 5.41) is 6.09. The van der Waals surface area contributed by atoms with Gasteiger partial charge in [-0.3, -0.25) is 9.79 Å². The quantitative estimate of drug-likeness (QED) is 0.492. The Morgan fingerprint density at radius 2 is 2.14 bits per heavy atom. The minimum atomic E-state index is -0.279. The van der Waals surface area contributed by atoms with Gasteiger partial charge in [0.1, 0.15) is 5.82 Å². The maximum absolute atomic E-state index is 13.4. The largest absolute Gasteiger partial charge is 0.469 e. The number of carbonyl (C=O) groups is 1. The first-order valence-electron chi connectivity index (χ1n) is 6.75. The third-order valence-electron chi connectivity index (χ3n) is 3.10. The average molecular weight is 295 g/mol. The molecule has 1 atom stereocenters. The highest BCUT2D eigenvalue weighted by molar-refractivity contribution is 5.80. The summed E-state index contributed by atoms with van der Waals surface area (Å²) < 4.78 is 18.1. The summed E-state index contributed by atoms with van der Waals surface area (Å²) in [6.07, 6.45) is 0. The highest BCUT2D eigenvalue weighted by Crippen LogP contribution is 2.08. The van der Waals surface area contributed by atoms with E-state index in [-0.39, 0.29) is 17.7 Å². The van der Waals surface area contributed by atoms with Crippen molar-refractivity contribution in [3.63, 3.8) is 0 Å². The van der Waals surface area contributed by atoms with Gasteiger partial charge in [0.15, 0.2) is 5.96 Å². The summed E-state index contributed by atoms with van der Waals surface area (Å²) in [5.41, 5.74) is 1.44. The topological polar surface area (TPSA) is 62.7 Å². The predicted molar refractivity (Wildman–Crippen MR) is 80.5 cm³/mol. The first kappa shape index (κ1) is 16.9. The Kier molecular flexibility index (Phi) is 6.65. The molecule has 0 aromatic heterocycles. The Hall–Kier alpha value is -2.11. The van der Waals surface area contributed by atoms with E-state index in [9.17, 15) is 9.18 Å². The molecule has 0 saturated carbocycles. The van der Waals surface area contributed by atoms with Crippen molar-refractivity contribution in [3.05, 3.63) is 35.1 Å². The molecule has 1 aromatic rings. The minimum absolute atomic E-state index is 0.225. The van der Waals surface area contributed by atoms with Crippen LogP contribution in [0.4, 0.5) is 4.39 Å². The zero-order valence-electron chi connectivity index (χ0n) is 12.9. The molecule has 0 radical (unpaired) electrons. The van der Waals surface area contributed by atoms with Crippen LogP contribution in [0.15, 0.2) is 23.2 Å². The third-order valence-corrected chi connectivity index (χ3v) is 3.10. The molecule has 0 fully saturated rings. The number of ether oxygens (including phenoxy) is 1. The molecule has 1 unspecified atom stereocenters. The molecule has 0 aliphatic carbocycles. The van der Waals surface area contributed by atoms with Crippen LogP contribution in [-0.4, -0.2) is 32.6 Å². The Balaban J connectivity index is 2.48. The zero-order chi connectivity index (χ0) is 15.8. The van der Waals surface area contributed by atoms with Crippen molar-refractivity contribution in [3.8, 4) is 0 Å². The monoisotopic (exact) mass is 295 g/mol. The van der Waals surface area contributed by atoms with Crippen molar-refractivity contribution in [2.24, 2.45) is 10.9 Å². The second-order valence-corrected chi connectivity index (χ2v) is 4.81. The van der Waals surface area contributed by atoms with Crippen molar-refractivity contribution < 1.29 is 13.9 Å². The molecule has 1 rings (SSSR count). The fourth-order valence-corrected chi connectivity index (χ4v) is 1.69. The molecule has 5 nitrogen and oxygen atoms in total. The summed E-state index contributed by atoms with van der Waals surface area (Å²) in [5.74, 6) is -0.229. The number of carbonyl (C=O) groups excluding carboxylic acids is 1. The lowest BCUT2D eigenvalue weighted by Crippen LogP contribution is -2.40. The summed E-state index contributed by atoms with van der Waals surface area (Å²) in [4.78, 5) is 15.3. The lowest BCUT2D eigenvalue weighted by atomic mass is 10.1. The number of aryl methyl sites for hydroxylation is 1. The van der Waals surface area contributed by atoms with Crippen LogP contribution >= 0.6 is 0 Å². The van der Waals surface area contributed by atoms with Crippen LogP contribution in [0.1, 0.15) is 18.1 Å². The molecule has 0 bridgehead atoms. The summed E-state index contributed by atoms with van der Waals surface area (Å²) in [6.45, 7) is 4.35. The number of rotatable bonds is 5. The van der Waals surface area contributed by atoms with E-state index in [1.165, 1.54) is 13.2 Å². The summed E-state index contributed by atoms with van der Waals surface area (Å²) in [7, 11) is 2.99. The number of nitrogens with zero attached hydrogens (tertiary/aromatic N) is 1. The maximum atomic E-state index is 13.4. The van der Waals surface area contributed by atoms with Gasteiger partial charge in [-0.1, -0.05) is 19.1 Å². The van der Waals surface area contributed by atoms with E-state index in [0.717, 1.165) is 5.56 Å². The van der Waals surface area contributed by atoms with Crippen LogP contribution in [0, 0.1) is 18.7 Å². The molecular weight excluding hydrogens is 273 g/mol. The Labute approximate surface area is 124 Å². The predicted octanol–water partition coefficient (Wildman–Crippen LogP) is 1.61. The van der Waals surface area contributed by atoms with Crippen molar-refractivity contribution in [2.75, 3.05) is 20.7 Å². The fraction of sp³-hybridized carbons (Fsp3) is 0.467. The molecule has 2 N–H and O–H groups in total. The lowest BCUT2D eigenvalue weighted by Gasteiger charge is -2.15. The average Bonchev–Trinajstić information content (AvgIpc) is 2.49. The van der Waals surface area contributed by atoms with Crippen LogP contribution < -0.4 is 10.6 Å². The van der Waals surface area contributed by atoms with Crippen LogP contribution in [0.25, 0.3) is 0 Å². The number of nitrogens with one attached hydrogen (secondary N) is 2. The number of benzene rings is 1. The Morgan fingerprint density at radius 3 is 2.71 bits per heavy atom. The second kappa shape index (κ2) is 8.24. The first-order chi connectivity index (χ1) is 9.97. The second-order valence-electron chi connectivity index (χ2n) is 4.81. The van der Waals surface area contributed by atoms with Gasteiger partial charge in [-0.25, -0.2) is 4.39 Å². The number of hydrogen-bond donors (Lipinski definition) is 2. The van der Waals surface area contributed by atoms with Gasteiger partial charge < -0.3 is 15.4 Å². The van der Waals surface area contributed by atoms with Gasteiger partial charge in [0, 0.05) is 20.1 Å². The molecule has 6 heteroatoms. The molecule has 0 saturated heterocycles. The van der Waals surface area contributed by atoms with E-state index in [1.54, 1.807) is 27.0 Å². The summed E-state index contributed by atoms with van der Waals surface area (Å²) in [6, 6.07) is 5.09. The van der Waals surface area contributed by atoms with E-state index in [0.29, 0.717) is 24.6 Å². The smallest absolute Gasteiger partial charge is 0.310 e. The fourth-order valence-electron chi connectivity index (χ4n) is 1.69. The number of guanidine groups is 1. The Morgan fingerprint density at radius 1 is 1.43 bits per heavy atom. The van der Waals surface area contributed by atoms with E-state index in [4.69, 9.17) is 0 Å². The van der Waals surface area contributed by atoms with Crippen LogP contribution in [0.3, 0.4) is 0 Å². The van der Waals surface area contributed by atoms with Crippen LogP contribution in [0.2, 0.25) is 0 Å². The molecular formula is C15H22FN3O2. The zero-order valence-corrected chi connectivity index (χ0v) is 12.9. The normalized spacial score (nSPS) is 12.7. The molecule has 0 aliphatic rings. The number of methoxy groups -OCH3 is 1. The first-order valence-corrected chi connectivity index (χ1v) is 6.75. The number of hydrogen-bond acceptors (Lipinski definition) is 3. The van der Waals surface area contributed by atoms with Gasteiger partial charge in [-0.2, -0.15) is 0 Å². The van der Waals surface area contributed by atoms with Gasteiger partial charge in [-0.15, -0.1) is 0 Å². The van der Waals surface area contributed by atoms with E-state index >= 15 is 0 Å². The third kappa shape index (κ3) is 5.41. The van der Waals surface area contributed by atoms with Crippen LogP contribution in [-0.2, 0) is 16.1 Å². The van der Waals surface area contributed by atoms with Crippen LogP contribution in [0.5, 0.6) is 0 Å². The maximum Gasteiger partial charge on any atom is 0.310 e. The van der Waals surface area contributed by atoms with E-state index < -0.39 is 0 Å².